The quantitative estimate of drug-likeness (QED) is 0.678. The molecule has 1 nitrogen and oxygen atoms in total. The van der Waals surface area contributed by atoms with Gasteiger partial charge in [-0.05, 0) is 30.2 Å². The fourth-order valence-electron chi connectivity index (χ4n) is 1.06. The van der Waals surface area contributed by atoms with Gasteiger partial charge in [0.25, 0.3) is 0 Å². The second-order valence-electron chi connectivity index (χ2n) is 2.53. The highest BCUT2D eigenvalue weighted by Crippen LogP contribution is 2.14. The molecule has 0 aliphatic carbocycles. The lowest BCUT2D eigenvalue weighted by molar-refractivity contribution is 1.41. The summed E-state index contributed by atoms with van der Waals surface area (Å²) >= 11 is 0. The van der Waals surface area contributed by atoms with E-state index in [0.29, 0.717) is 0 Å². The molecular formula is C10H13N. The molecule has 0 bridgehead atoms. The van der Waals surface area contributed by atoms with E-state index >= 15 is 0 Å². The number of hydrogen-bond acceptors (Lipinski definition) is 1. The molecule has 1 aromatic rings. The van der Waals surface area contributed by atoms with Crippen molar-refractivity contribution in [2.75, 3.05) is 12.4 Å². The van der Waals surface area contributed by atoms with Gasteiger partial charge in [-0.15, -0.1) is 0 Å². The minimum Gasteiger partial charge on any atom is -0.388 e. The second-order valence-corrected chi connectivity index (χ2v) is 2.53. The zero-order chi connectivity index (χ0) is 8.27. The predicted molar refractivity (Wildman–Crippen MR) is 50.8 cm³/mol. The van der Waals surface area contributed by atoms with Crippen molar-refractivity contribution in [3.05, 3.63) is 35.9 Å². The van der Waals surface area contributed by atoms with E-state index in [0.717, 1.165) is 5.69 Å². The first-order valence-corrected chi connectivity index (χ1v) is 3.68. The van der Waals surface area contributed by atoms with Crippen LogP contribution in [0, 0.1) is 6.92 Å². The number of hydrogen-bond donors (Lipinski definition) is 1. The molecule has 0 amide bonds. The van der Waals surface area contributed by atoms with Crippen LogP contribution in [0.5, 0.6) is 0 Å². The van der Waals surface area contributed by atoms with Crippen LogP contribution in [0.2, 0.25) is 0 Å². The Morgan fingerprint density at radius 3 is 2.64 bits per heavy atom. The minimum atomic E-state index is 1.15. The van der Waals surface area contributed by atoms with Gasteiger partial charge in [0.15, 0.2) is 0 Å². The largest absolute Gasteiger partial charge is 0.388 e. The van der Waals surface area contributed by atoms with Gasteiger partial charge in [0.05, 0.1) is 0 Å². The van der Waals surface area contributed by atoms with Gasteiger partial charge in [-0.25, -0.2) is 0 Å². The van der Waals surface area contributed by atoms with Gasteiger partial charge >= 0.3 is 0 Å². The third-order valence-electron chi connectivity index (χ3n) is 1.78. The topological polar surface area (TPSA) is 12.0 Å². The van der Waals surface area contributed by atoms with Crippen molar-refractivity contribution in [1.29, 1.82) is 0 Å². The van der Waals surface area contributed by atoms with Crippen LogP contribution < -0.4 is 5.32 Å². The van der Waals surface area contributed by atoms with Gasteiger partial charge in [0.1, 0.15) is 0 Å². The van der Waals surface area contributed by atoms with Crippen molar-refractivity contribution in [3.63, 3.8) is 0 Å². The van der Waals surface area contributed by atoms with Gasteiger partial charge in [-0.3, -0.25) is 0 Å². The van der Waals surface area contributed by atoms with Crippen LogP contribution in [-0.2, 0) is 0 Å². The van der Waals surface area contributed by atoms with Gasteiger partial charge in [0, 0.05) is 12.7 Å². The Balaban J connectivity index is 3.09. The molecule has 0 fully saturated rings. The predicted octanol–water partition coefficient (Wildman–Crippen LogP) is 2.68. The molecule has 0 atom stereocenters. The lowest BCUT2D eigenvalue weighted by Gasteiger charge is -2.03. The highest BCUT2D eigenvalue weighted by molar-refractivity contribution is 5.57. The van der Waals surface area contributed by atoms with Crippen molar-refractivity contribution in [2.45, 2.75) is 6.92 Å². The van der Waals surface area contributed by atoms with Crippen molar-refractivity contribution >= 4 is 11.8 Å². The van der Waals surface area contributed by atoms with E-state index < -0.39 is 0 Å². The molecule has 1 heteroatoms. The Labute approximate surface area is 67.8 Å². The number of rotatable bonds is 2. The number of anilines is 1. The average Bonchev–Trinajstić information content (AvgIpc) is 2.04. The fraction of sp³-hybridized carbons (Fsp3) is 0.200. The lowest BCUT2D eigenvalue weighted by atomic mass is 10.1. The van der Waals surface area contributed by atoms with E-state index in [1.807, 2.05) is 19.2 Å². The summed E-state index contributed by atoms with van der Waals surface area (Å²) in [5, 5.41) is 3.08. The number of aryl methyl sites for hydroxylation is 1. The summed E-state index contributed by atoms with van der Waals surface area (Å²) in [6.07, 6.45) is 1.87. The highest BCUT2D eigenvalue weighted by atomic mass is 14.8. The van der Waals surface area contributed by atoms with Gasteiger partial charge in [0.2, 0.25) is 0 Å². The minimum absolute atomic E-state index is 1.15. The molecule has 0 aromatic heterocycles. The summed E-state index contributed by atoms with van der Waals surface area (Å²) in [4.78, 5) is 0. The smallest absolute Gasteiger partial charge is 0.0340 e. The van der Waals surface area contributed by atoms with Crippen LogP contribution >= 0.6 is 0 Å². The summed E-state index contributed by atoms with van der Waals surface area (Å²) in [6.45, 7) is 5.81. The third-order valence-corrected chi connectivity index (χ3v) is 1.78. The average molecular weight is 147 g/mol. The molecule has 0 aliphatic heterocycles. The Hall–Kier alpha value is -1.24. The summed E-state index contributed by atoms with van der Waals surface area (Å²) in [5.41, 5.74) is 3.60. The van der Waals surface area contributed by atoms with Crippen LogP contribution in [-0.4, -0.2) is 7.05 Å². The normalized spacial score (nSPS) is 9.27. The maximum absolute atomic E-state index is 3.73. The summed E-state index contributed by atoms with van der Waals surface area (Å²) in [7, 11) is 1.92. The van der Waals surface area contributed by atoms with Crippen LogP contribution in [0.4, 0.5) is 5.69 Å². The standard InChI is InChI=1S/C10H13N/c1-4-9-5-6-10(11-3)7-8(9)2/h4-7,11H,1H2,2-3H3. The molecular weight excluding hydrogens is 134 g/mol. The van der Waals surface area contributed by atoms with E-state index in [2.05, 4.69) is 31.0 Å². The van der Waals surface area contributed by atoms with Crippen molar-refractivity contribution in [3.8, 4) is 0 Å². The molecule has 11 heavy (non-hydrogen) atoms. The Kier molecular flexibility index (Phi) is 2.32. The van der Waals surface area contributed by atoms with Crippen LogP contribution in [0.1, 0.15) is 11.1 Å². The zero-order valence-corrected chi connectivity index (χ0v) is 7.02. The molecule has 0 saturated heterocycles. The maximum Gasteiger partial charge on any atom is 0.0340 e. The van der Waals surface area contributed by atoms with Crippen LogP contribution in [0.25, 0.3) is 6.08 Å². The first-order chi connectivity index (χ1) is 5.27. The SMILES string of the molecule is C=Cc1ccc(NC)cc1C. The van der Waals surface area contributed by atoms with E-state index in [4.69, 9.17) is 0 Å². The monoisotopic (exact) mass is 147 g/mol. The Morgan fingerprint density at radius 2 is 2.18 bits per heavy atom. The molecule has 58 valence electrons. The van der Waals surface area contributed by atoms with Gasteiger partial charge < -0.3 is 5.32 Å². The molecule has 0 unspecified atom stereocenters. The molecule has 1 N–H and O–H groups in total. The van der Waals surface area contributed by atoms with Crippen molar-refractivity contribution in [1.82, 2.24) is 0 Å². The van der Waals surface area contributed by atoms with Crippen LogP contribution in [0.3, 0.4) is 0 Å². The Morgan fingerprint density at radius 1 is 1.45 bits per heavy atom. The summed E-state index contributed by atoms with van der Waals surface area (Å²) in [6, 6.07) is 6.22. The van der Waals surface area contributed by atoms with E-state index in [1.165, 1.54) is 11.1 Å². The summed E-state index contributed by atoms with van der Waals surface area (Å²) < 4.78 is 0. The highest BCUT2D eigenvalue weighted by Gasteiger charge is 1.93. The maximum atomic E-state index is 3.73. The van der Waals surface area contributed by atoms with Crippen molar-refractivity contribution in [2.24, 2.45) is 0 Å². The summed E-state index contributed by atoms with van der Waals surface area (Å²) in [5.74, 6) is 0. The van der Waals surface area contributed by atoms with E-state index in [-0.39, 0.29) is 0 Å². The first kappa shape index (κ1) is 7.86. The molecule has 1 aromatic carbocycles. The molecule has 0 aliphatic rings. The van der Waals surface area contributed by atoms with E-state index in [1.54, 1.807) is 0 Å². The molecule has 0 heterocycles. The van der Waals surface area contributed by atoms with Gasteiger partial charge in [-0.1, -0.05) is 18.7 Å². The second kappa shape index (κ2) is 3.24. The third kappa shape index (κ3) is 1.61. The first-order valence-electron chi connectivity index (χ1n) is 3.68. The van der Waals surface area contributed by atoms with Gasteiger partial charge in [-0.2, -0.15) is 0 Å². The molecule has 0 radical (unpaired) electrons. The van der Waals surface area contributed by atoms with E-state index in [9.17, 15) is 0 Å². The fourth-order valence-corrected chi connectivity index (χ4v) is 1.06. The van der Waals surface area contributed by atoms with Crippen LogP contribution in [0.15, 0.2) is 24.8 Å². The zero-order valence-electron chi connectivity index (χ0n) is 7.02. The lowest BCUT2D eigenvalue weighted by Crippen LogP contribution is -1.89. The molecule has 1 rings (SSSR count). The van der Waals surface area contributed by atoms with Crippen molar-refractivity contribution < 1.29 is 0 Å². The number of benzene rings is 1. The molecule has 0 spiro atoms. The molecule has 0 saturated carbocycles. The number of nitrogens with one attached hydrogen (secondary N) is 1. The Bertz CT molecular complexity index is 264.